The number of carbonyl (C=O) groups is 1. The molecule has 104 valence electrons. The summed E-state index contributed by atoms with van der Waals surface area (Å²) in [5.41, 5.74) is 0.136. The molecule has 1 unspecified atom stereocenters. The van der Waals surface area contributed by atoms with Crippen molar-refractivity contribution in [3.05, 3.63) is 0 Å². The minimum absolute atomic E-state index is 0.0683. The van der Waals surface area contributed by atoms with Gasteiger partial charge in [0.1, 0.15) is 0 Å². The summed E-state index contributed by atoms with van der Waals surface area (Å²) in [6, 6.07) is -0.0683. The summed E-state index contributed by atoms with van der Waals surface area (Å²) in [7, 11) is -2.39. The fraction of sp³-hybridized carbons (Fsp3) is 0.909. The van der Waals surface area contributed by atoms with Gasteiger partial charge >= 0.3 is 5.97 Å². The van der Waals surface area contributed by atoms with Crippen LogP contribution in [0.2, 0.25) is 0 Å². The molecule has 1 spiro atoms. The average molecular weight is 276 g/mol. The van der Waals surface area contributed by atoms with Gasteiger partial charge in [0.25, 0.3) is 0 Å². The molecule has 0 aromatic rings. The second-order valence-corrected chi connectivity index (χ2v) is 6.96. The normalized spacial score (nSPS) is 26.6. The summed E-state index contributed by atoms with van der Waals surface area (Å²) in [6.45, 7) is 0.825. The van der Waals surface area contributed by atoms with Crippen LogP contribution in [0.1, 0.15) is 32.1 Å². The number of esters is 1. The van der Waals surface area contributed by atoms with Gasteiger partial charge in [0.15, 0.2) is 5.75 Å². The van der Waals surface area contributed by atoms with Crippen molar-refractivity contribution in [2.24, 2.45) is 0 Å². The standard InChI is InChI=1S/C11H20N2O4S/c1-17-10(14)8-18(15,16)13-9-3-6-12-11(7-9)4-2-5-11/h9,12-13H,2-8H2,1H3. The molecule has 0 bridgehead atoms. The fourth-order valence-electron chi connectivity index (χ4n) is 2.75. The summed E-state index contributed by atoms with van der Waals surface area (Å²) < 4.78 is 30.5. The highest BCUT2D eigenvalue weighted by atomic mass is 32.2. The average Bonchev–Trinajstić information content (AvgIpc) is 2.25. The van der Waals surface area contributed by atoms with Crippen LogP contribution in [-0.4, -0.2) is 45.4 Å². The lowest BCUT2D eigenvalue weighted by Crippen LogP contribution is -2.59. The minimum Gasteiger partial charge on any atom is -0.468 e. The zero-order valence-corrected chi connectivity index (χ0v) is 11.4. The van der Waals surface area contributed by atoms with E-state index in [9.17, 15) is 13.2 Å². The molecule has 7 heteroatoms. The maximum atomic E-state index is 11.8. The molecule has 1 heterocycles. The van der Waals surface area contributed by atoms with Crippen LogP contribution < -0.4 is 10.0 Å². The molecule has 1 aliphatic heterocycles. The van der Waals surface area contributed by atoms with Crippen molar-refractivity contribution in [3.63, 3.8) is 0 Å². The highest BCUT2D eigenvalue weighted by Gasteiger charge is 2.41. The molecule has 0 aromatic carbocycles. The molecular weight excluding hydrogens is 256 g/mol. The molecule has 0 amide bonds. The van der Waals surface area contributed by atoms with Crippen molar-refractivity contribution < 1.29 is 17.9 Å². The van der Waals surface area contributed by atoms with Gasteiger partial charge in [-0.15, -0.1) is 0 Å². The molecule has 6 nitrogen and oxygen atoms in total. The number of ether oxygens (including phenoxy) is 1. The number of carbonyl (C=O) groups excluding carboxylic acids is 1. The molecule has 0 radical (unpaired) electrons. The van der Waals surface area contributed by atoms with Crippen molar-refractivity contribution in [3.8, 4) is 0 Å². The van der Waals surface area contributed by atoms with E-state index in [4.69, 9.17) is 0 Å². The Morgan fingerprint density at radius 2 is 2.22 bits per heavy atom. The van der Waals surface area contributed by atoms with Gasteiger partial charge in [-0.2, -0.15) is 0 Å². The summed E-state index contributed by atoms with van der Waals surface area (Å²) in [5, 5.41) is 3.47. The van der Waals surface area contributed by atoms with Gasteiger partial charge in [0, 0.05) is 11.6 Å². The highest BCUT2D eigenvalue weighted by Crippen LogP contribution is 2.38. The van der Waals surface area contributed by atoms with Gasteiger partial charge in [-0.05, 0) is 38.6 Å². The van der Waals surface area contributed by atoms with E-state index in [2.05, 4.69) is 14.8 Å². The molecule has 1 atom stereocenters. The smallest absolute Gasteiger partial charge is 0.322 e. The quantitative estimate of drug-likeness (QED) is 0.692. The Hall–Kier alpha value is -0.660. The van der Waals surface area contributed by atoms with Gasteiger partial charge in [0.05, 0.1) is 7.11 Å². The van der Waals surface area contributed by atoms with E-state index in [1.54, 1.807) is 0 Å². The Kier molecular flexibility index (Phi) is 3.93. The van der Waals surface area contributed by atoms with Crippen LogP contribution in [0.15, 0.2) is 0 Å². The zero-order valence-electron chi connectivity index (χ0n) is 10.6. The van der Waals surface area contributed by atoms with Crippen LogP contribution in [0.4, 0.5) is 0 Å². The Morgan fingerprint density at radius 3 is 2.78 bits per heavy atom. The molecule has 2 rings (SSSR count). The second kappa shape index (κ2) is 5.14. The van der Waals surface area contributed by atoms with Crippen molar-refractivity contribution in [2.45, 2.75) is 43.7 Å². The SMILES string of the molecule is COC(=O)CS(=O)(=O)NC1CCNC2(CCC2)C1. The predicted molar refractivity (Wildman–Crippen MR) is 66.5 cm³/mol. The molecule has 2 N–H and O–H groups in total. The Labute approximate surface area is 108 Å². The number of rotatable bonds is 4. The summed E-state index contributed by atoms with van der Waals surface area (Å²) in [5.74, 6) is -1.32. The van der Waals surface area contributed by atoms with E-state index in [1.807, 2.05) is 0 Å². The third kappa shape index (κ3) is 3.21. The monoisotopic (exact) mass is 276 g/mol. The Bertz CT molecular complexity index is 417. The van der Waals surface area contributed by atoms with E-state index in [-0.39, 0.29) is 11.6 Å². The van der Waals surface area contributed by atoms with Crippen LogP contribution in [-0.2, 0) is 19.6 Å². The molecule has 18 heavy (non-hydrogen) atoms. The summed E-state index contributed by atoms with van der Waals surface area (Å²) in [6.07, 6.45) is 5.01. The third-order valence-electron chi connectivity index (χ3n) is 3.82. The molecule has 1 aliphatic carbocycles. The number of nitrogens with one attached hydrogen (secondary N) is 2. The van der Waals surface area contributed by atoms with E-state index < -0.39 is 21.7 Å². The first-order valence-electron chi connectivity index (χ1n) is 6.27. The Morgan fingerprint density at radius 1 is 1.50 bits per heavy atom. The van der Waals surface area contributed by atoms with Gasteiger partial charge in [-0.25, -0.2) is 13.1 Å². The molecule has 0 aromatic heterocycles. The summed E-state index contributed by atoms with van der Waals surface area (Å²) >= 11 is 0. The summed E-state index contributed by atoms with van der Waals surface area (Å²) in [4.78, 5) is 11.0. The second-order valence-electron chi connectivity index (χ2n) is 5.20. The van der Waals surface area contributed by atoms with Crippen molar-refractivity contribution in [1.82, 2.24) is 10.0 Å². The van der Waals surface area contributed by atoms with Crippen molar-refractivity contribution in [2.75, 3.05) is 19.4 Å². The first-order chi connectivity index (χ1) is 8.45. The van der Waals surface area contributed by atoms with Crippen molar-refractivity contribution >= 4 is 16.0 Å². The third-order valence-corrected chi connectivity index (χ3v) is 5.13. The van der Waals surface area contributed by atoms with E-state index in [0.717, 1.165) is 32.2 Å². The lowest BCUT2D eigenvalue weighted by Gasteiger charge is -2.48. The van der Waals surface area contributed by atoms with Crippen LogP contribution in [0.3, 0.4) is 0 Å². The first kappa shape index (κ1) is 13.8. The van der Waals surface area contributed by atoms with Crippen molar-refractivity contribution in [1.29, 1.82) is 0 Å². The van der Waals surface area contributed by atoms with Gasteiger partial charge in [-0.3, -0.25) is 4.79 Å². The molecular formula is C11H20N2O4S. The van der Waals surface area contributed by atoms with Crippen LogP contribution >= 0.6 is 0 Å². The molecule has 2 fully saturated rings. The maximum absolute atomic E-state index is 11.8. The fourth-order valence-corrected chi connectivity index (χ4v) is 3.97. The van der Waals surface area contributed by atoms with Crippen LogP contribution in [0.5, 0.6) is 0 Å². The first-order valence-corrected chi connectivity index (χ1v) is 7.92. The largest absolute Gasteiger partial charge is 0.468 e. The zero-order chi connectivity index (χ0) is 13.2. The number of sulfonamides is 1. The number of hydrogen-bond acceptors (Lipinski definition) is 5. The van der Waals surface area contributed by atoms with Crippen LogP contribution in [0.25, 0.3) is 0 Å². The number of piperidine rings is 1. The number of methoxy groups -OCH3 is 1. The Balaban J connectivity index is 1.90. The number of hydrogen-bond donors (Lipinski definition) is 2. The van der Waals surface area contributed by atoms with Gasteiger partial charge < -0.3 is 10.1 Å². The van der Waals surface area contributed by atoms with Gasteiger partial charge in [0.2, 0.25) is 10.0 Å². The maximum Gasteiger partial charge on any atom is 0.322 e. The van der Waals surface area contributed by atoms with Crippen LogP contribution in [0, 0.1) is 0 Å². The molecule has 1 saturated carbocycles. The topological polar surface area (TPSA) is 84.5 Å². The molecule has 2 aliphatic rings. The predicted octanol–water partition coefficient (Wildman–Crippen LogP) is -0.246. The van der Waals surface area contributed by atoms with E-state index >= 15 is 0 Å². The van der Waals surface area contributed by atoms with E-state index in [0.29, 0.717) is 0 Å². The van der Waals surface area contributed by atoms with E-state index in [1.165, 1.54) is 13.5 Å². The molecule has 1 saturated heterocycles. The lowest BCUT2D eigenvalue weighted by molar-refractivity contribution is -0.137. The van der Waals surface area contributed by atoms with Gasteiger partial charge in [-0.1, -0.05) is 0 Å². The highest BCUT2D eigenvalue weighted by molar-refractivity contribution is 7.90. The lowest BCUT2D eigenvalue weighted by atomic mass is 9.70. The minimum atomic E-state index is -3.58.